The fraction of sp³-hybridized carbons (Fsp3) is 0.440. The van der Waals surface area contributed by atoms with E-state index >= 15 is 0 Å². The average Bonchev–Trinajstić information content (AvgIpc) is 2.73. The largest absolute Gasteiger partial charge is 0.493 e. The van der Waals surface area contributed by atoms with Crippen molar-refractivity contribution in [3.05, 3.63) is 65.0 Å². The molecule has 162 valence electrons. The monoisotopic (exact) mass is 410 g/mol. The summed E-state index contributed by atoms with van der Waals surface area (Å²) in [4.78, 5) is 9.32. The molecular weight excluding hydrogens is 376 g/mol. The van der Waals surface area contributed by atoms with Crippen molar-refractivity contribution in [2.24, 2.45) is 5.16 Å². The van der Waals surface area contributed by atoms with Crippen LogP contribution in [0.4, 0.5) is 0 Å². The Morgan fingerprint density at radius 1 is 1.07 bits per heavy atom. The lowest BCUT2D eigenvalue weighted by Crippen LogP contribution is -2.02. The number of aryl methyl sites for hydroxylation is 3. The third kappa shape index (κ3) is 7.54. The number of aromatic nitrogens is 1. The maximum Gasteiger partial charge on any atom is 0.125 e. The fourth-order valence-corrected chi connectivity index (χ4v) is 3.20. The number of hydrogen-bond acceptors (Lipinski definition) is 5. The van der Waals surface area contributed by atoms with E-state index < -0.39 is 0 Å². The van der Waals surface area contributed by atoms with Gasteiger partial charge in [0.1, 0.15) is 25.2 Å². The number of benzene rings is 1. The van der Waals surface area contributed by atoms with Gasteiger partial charge in [0.2, 0.25) is 0 Å². The van der Waals surface area contributed by atoms with Crippen LogP contribution < -0.4 is 9.47 Å². The third-order valence-corrected chi connectivity index (χ3v) is 4.81. The van der Waals surface area contributed by atoms with Gasteiger partial charge in [0.15, 0.2) is 0 Å². The zero-order valence-electron chi connectivity index (χ0n) is 18.9. The molecule has 0 saturated carbocycles. The minimum atomic E-state index is 0.591. The van der Waals surface area contributed by atoms with Crippen molar-refractivity contribution in [3.63, 3.8) is 0 Å². The number of nitrogens with zero attached hydrogens (tertiary/aromatic N) is 2. The molecule has 0 amide bonds. The minimum Gasteiger partial charge on any atom is -0.493 e. The molecule has 0 unspecified atom stereocenters. The highest BCUT2D eigenvalue weighted by Crippen LogP contribution is 2.28. The number of allylic oxidation sites excluding steroid dienone is 1. The Bertz CT molecular complexity index is 819. The molecule has 5 heteroatoms. The molecule has 5 nitrogen and oxygen atoms in total. The molecule has 0 fully saturated rings. The molecule has 0 radical (unpaired) electrons. The van der Waals surface area contributed by atoms with Gasteiger partial charge in [0, 0.05) is 17.5 Å². The Balaban J connectivity index is 1.72. The lowest BCUT2D eigenvalue weighted by atomic mass is 10.1. The minimum absolute atomic E-state index is 0.591. The summed E-state index contributed by atoms with van der Waals surface area (Å²) in [6.45, 7) is 9.35. The molecule has 2 aromatic rings. The van der Waals surface area contributed by atoms with Crippen LogP contribution in [0.15, 0.2) is 47.8 Å². The second-order valence-electron chi connectivity index (χ2n) is 7.32. The van der Waals surface area contributed by atoms with E-state index in [4.69, 9.17) is 14.3 Å². The van der Waals surface area contributed by atoms with Crippen LogP contribution in [0.2, 0.25) is 0 Å². The van der Waals surface area contributed by atoms with Gasteiger partial charge in [-0.25, -0.2) is 0 Å². The van der Waals surface area contributed by atoms with Gasteiger partial charge in [-0.2, -0.15) is 0 Å². The first-order valence-corrected chi connectivity index (χ1v) is 10.6. The molecule has 30 heavy (non-hydrogen) atoms. The topological polar surface area (TPSA) is 52.9 Å². The second-order valence-corrected chi connectivity index (χ2v) is 7.32. The summed E-state index contributed by atoms with van der Waals surface area (Å²) in [6, 6.07) is 8.19. The van der Waals surface area contributed by atoms with Gasteiger partial charge in [-0.3, -0.25) is 4.98 Å². The summed E-state index contributed by atoms with van der Waals surface area (Å²) in [7, 11) is 1.55. The summed E-state index contributed by atoms with van der Waals surface area (Å²) in [5, 5.41) is 3.93. The summed E-state index contributed by atoms with van der Waals surface area (Å²) in [6.07, 6.45) is 10.0. The lowest BCUT2D eigenvalue weighted by Gasteiger charge is -2.14. The van der Waals surface area contributed by atoms with Gasteiger partial charge in [-0.1, -0.05) is 17.3 Å². The standard InChI is InChI=1S/C25H34N2O3/c1-6-7-14-29-24-16-19(2)25(20(3)17-24)30-15-10-8-9-11-23-13-12-22(18-26-23)21(4)27-28-5/h6-7,12-13,16-18H,8-11,14-15H2,1-5H3/b7-6+,27-21+. The van der Waals surface area contributed by atoms with Crippen LogP contribution in [0.25, 0.3) is 0 Å². The molecule has 1 aromatic heterocycles. The van der Waals surface area contributed by atoms with Gasteiger partial charge < -0.3 is 14.3 Å². The number of hydrogen-bond donors (Lipinski definition) is 0. The van der Waals surface area contributed by atoms with Crippen LogP contribution in [-0.4, -0.2) is 31.0 Å². The van der Waals surface area contributed by atoms with E-state index in [1.807, 2.05) is 50.4 Å². The van der Waals surface area contributed by atoms with E-state index in [2.05, 4.69) is 30.1 Å². The van der Waals surface area contributed by atoms with Crippen molar-refractivity contribution in [1.82, 2.24) is 4.98 Å². The molecule has 1 aromatic carbocycles. The first-order valence-electron chi connectivity index (χ1n) is 10.6. The van der Waals surface area contributed by atoms with E-state index in [9.17, 15) is 0 Å². The van der Waals surface area contributed by atoms with Crippen molar-refractivity contribution in [1.29, 1.82) is 0 Å². The van der Waals surface area contributed by atoms with Gasteiger partial charge >= 0.3 is 0 Å². The van der Waals surface area contributed by atoms with E-state index in [1.165, 1.54) is 0 Å². The maximum atomic E-state index is 6.06. The number of ether oxygens (including phenoxy) is 2. The van der Waals surface area contributed by atoms with Crippen LogP contribution in [-0.2, 0) is 11.3 Å². The summed E-state index contributed by atoms with van der Waals surface area (Å²) < 4.78 is 11.8. The first kappa shape index (κ1) is 23.5. The Kier molecular flexibility index (Phi) is 9.92. The Hall–Kier alpha value is -2.82. The Morgan fingerprint density at radius 3 is 2.47 bits per heavy atom. The van der Waals surface area contributed by atoms with Crippen LogP contribution in [0.3, 0.4) is 0 Å². The number of unbranched alkanes of at least 4 members (excludes halogenated alkanes) is 2. The highest BCUT2D eigenvalue weighted by Gasteiger charge is 2.07. The predicted molar refractivity (Wildman–Crippen MR) is 123 cm³/mol. The van der Waals surface area contributed by atoms with Crippen molar-refractivity contribution in [2.75, 3.05) is 20.3 Å². The average molecular weight is 411 g/mol. The number of pyridine rings is 1. The molecule has 0 spiro atoms. The van der Waals surface area contributed by atoms with Crippen LogP contribution in [0.1, 0.15) is 55.5 Å². The molecular formula is C25H34N2O3. The molecule has 0 aliphatic heterocycles. The van der Waals surface area contributed by atoms with Gasteiger partial charge in [-0.05, 0) is 88.8 Å². The highest BCUT2D eigenvalue weighted by molar-refractivity contribution is 5.97. The highest BCUT2D eigenvalue weighted by atomic mass is 16.6. The second kappa shape index (κ2) is 12.7. The normalized spacial score (nSPS) is 11.7. The van der Waals surface area contributed by atoms with E-state index in [-0.39, 0.29) is 0 Å². The zero-order valence-corrected chi connectivity index (χ0v) is 18.9. The first-order chi connectivity index (χ1) is 14.5. The molecule has 0 aliphatic carbocycles. The lowest BCUT2D eigenvalue weighted by molar-refractivity contribution is 0.213. The van der Waals surface area contributed by atoms with Crippen molar-refractivity contribution < 1.29 is 14.3 Å². The molecule has 0 bridgehead atoms. The van der Waals surface area contributed by atoms with E-state index in [0.29, 0.717) is 6.61 Å². The Morgan fingerprint density at radius 2 is 1.83 bits per heavy atom. The van der Waals surface area contributed by atoms with E-state index in [1.54, 1.807) is 7.11 Å². The molecule has 0 atom stereocenters. The van der Waals surface area contributed by atoms with Gasteiger partial charge in [0.05, 0.1) is 12.3 Å². The van der Waals surface area contributed by atoms with Gasteiger partial charge in [-0.15, -0.1) is 0 Å². The summed E-state index contributed by atoms with van der Waals surface area (Å²) in [5.74, 6) is 1.86. The van der Waals surface area contributed by atoms with Crippen LogP contribution >= 0.6 is 0 Å². The maximum absolute atomic E-state index is 6.06. The fourth-order valence-electron chi connectivity index (χ4n) is 3.20. The Labute approximate surface area is 180 Å². The number of rotatable bonds is 12. The molecule has 0 aliphatic rings. The van der Waals surface area contributed by atoms with Crippen molar-refractivity contribution in [2.45, 2.75) is 53.4 Å². The molecule has 1 heterocycles. The molecule has 2 rings (SSSR count). The summed E-state index contributed by atoms with van der Waals surface area (Å²) in [5.41, 5.74) is 5.14. The molecule has 0 saturated heterocycles. The quantitative estimate of drug-likeness (QED) is 0.192. The zero-order chi connectivity index (χ0) is 21.8. The van der Waals surface area contributed by atoms with Gasteiger partial charge in [0.25, 0.3) is 0 Å². The van der Waals surface area contributed by atoms with Crippen molar-refractivity contribution in [3.8, 4) is 11.5 Å². The number of oxime groups is 1. The smallest absolute Gasteiger partial charge is 0.125 e. The van der Waals surface area contributed by atoms with Crippen LogP contribution in [0, 0.1) is 13.8 Å². The SMILES string of the molecule is C/C=C/COc1cc(C)c(OCCCCCc2ccc(/C(C)=N/OC)cn2)c(C)c1. The summed E-state index contributed by atoms with van der Waals surface area (Å²) >= 11 is 0. The molecule has 0 N–H and O–H groups in total. The van der Waals surface area contributed by atoms with Crippen molar-refractivity contribution >= 4 is 5.71 Å². The van der Waals surface area contributed by atoms with E-state index in [0.717, 1.165) is 71.9 Å². The predicted octanol–water partition coefficient (Wildman–Crippen LogP) is 5.82. The third-order valence-electron chi connectivity index (χ3n) is 4.81. The van der Waals surface area contributed by atoms with Crippen LogP contribution in [0.5, 0.6) is 11.5 Å².